The zero-order valence-electron chi connectivity index (χ0n) is 18.6. The number of alkyl halides is 6. The van der Waals surface area contributed by atoms with E-state index in [4.69, 9.17) is 14.2 Å². The Bertz CT molecular complexity index is 946. The molecular weight excluding hydrogens is 470 g/mol. The highest BCUT2D eigenvalue weighted by atomic mass is 19.4. The van der Waals surface area contributed by atoms with Crippen LogP contribution < -0.4 is 9.47 Å². The van der Waals surface area contributed by atoms with Gasteiger partial charge in [-0.1, -0.05) is 12.1 Å². The second kappa shape index (κ2) is 10.5. The monoisotopic (exact) mass is 494 g/mol. The lowest BCUT2D eigenvalue weighted by atomic mass is 9.89. The molecule has 34 heavy (non-hydrogen) atoms. The van der Waals surface area contributed by atoms with Gasteiger partial charge in [-0.3, -0.25) is 4.79 Å². The van der Waals surface area contributed by atoms with Gasteiger partial charge in [0, 0.05) is 18.9 Å². The van der Waals surface area contributed by atoms with Crippen LogP contribution in [0.25, 0.3) is 0 Å². The van der Waals surface area contributed by atoms with Crippen LogP contribution in [-0.2, 0) is 21.7 Å². The van der Waals surface area contributed by atoms with E-state index in [9.17, 15) is 36.2 Å². The molecule has 11 heteroatoms. The van der Waals surface area contributed by atoms with Crippen molar-refractivity contribution in [1.82, 2.24) is 0 Å². The van der Waals surface area contributed by atoms with Gasteiger partial charge < -0.3 is 19.3 Å². The molecule has 2 aromatic rings. The minimum absolute atomic E-state index is 0.0196. The molecule has 0 aliphatic carbocycles. The Morgan fingerprint density at radius 3 is 1.85 bits per heavy atom. The maximum absolute atomic E-state index is 13.1. The Labute approximate surface area is 192 Å². The molecule has 0 atom stereocenters. The highest BCUT2D eigenvalue weighted by Crippen LogP contribution is 2.50. The van der Waals surface area contributed by atoms with E-state index in [1.807, 2.05) is 0 Å². The summed E-state index contributed by atoms with van der Waals surface area (Å²) in [7, 11) is 0. The molecule has 0 amide bonds. The summed E-state index contributed by atoms with van der Waals surface area (Å²) in [4.78, 5) is 10.8. The van der Waals surface area contributed by atoms with Crippen LogP contribution in [0.1, 0.15) is 35.6 Å². The molecular formula is C23H24F6O5. The van der Waals surface area contributed by atoms with Crippen LogP contribution in [0.15, 0.2) is 36.4 Å². The number of aliphatic hydroxyl groups is 1. The molecule has 5 nitrogen and oxygen atoms in total. The van der Waals surface area contributed by atoms with E-state index in [1.165, 1.54) is 20.8 Å². The molecule has 2 aromatic carbocycles. The van der Waals surface area contributed by atoms with Crippen LogP contribution in [0.2, 0.25) is 0 Å². The summed E-state index contributed by atoms with van der Waals surface area (Å²) in [5.41, 5.74) is -5.49. The van der Waals surface area contributed by atoms with Crippen LogP contribution >= 0.6 is 0 Å². The maximum atomic E-state index is 13.1. The van der Waals surface area contributed by atoms with Crippen LogP contribution in [0, 0.1) is 13.8 Å². The summed E-state index contributed by atoms with van der Waals surface area (Å²) in [6, 6.07) is 8.08. The van der Waals surface area contributed by atoms with Gasteiger partial charge in [-0.15, -0.1) is 0 Å². The molecule has 0 radical (unpaired) electrons. The number of carbonyl (C=O) groups is 1. The molecule has 0 aromatic heterocycles. The van der Waals surface area contributed by atoms with Gasteiger partial charge >= 0.3 is 18.3 Å². The van der Waals surface area contributed by atoms with Crippen LogP contribution in [-0.4, -0.2) is 36.6 Å². The first kappa shape index (κ1) is 27.3. The van der Waals surface area contributed by atoms with Gasteiger partial charge in [-0.05, 0) is 54.8 Å². The summed E-state index contributed by atoms with van der Waals surface area (Å²) < 4.78 is 94.8. The predicted molar refractivity (Wildman–Crippen MR) is 109 cm³/mol. The number of hydrogen-bond acceptors (Lipinski definition) is 5. The average molecular weight is 494 g/mol. The lowest BCUT2D eigenvalue weighted by Gasteiger charge is -2.33. The van der Waals surface area contributed by atoms with Crippen molar-refractivity contribution in [3.8, 4) is 11.5 Å². The van der Waals surface area contributed by atoms with Gasteiger partial charge in [-0.25, -0.2) is 0 Å². The van der Waals surface area contributed by atoms with Crippen LogP contribution in [0.3, 0.4) is 0 Å². The third kappa shape index (κ3) is 6.34. The number of ether oxygens (including phenoxy) is 3. The normalized spacial score (nSPS) is 12.4. The zero-order chi connectivity index (χ0) is 25.7. The number of aryl methyl sites for hydroxylation is 2. The number of benzene rings is 2. The van der Waals surface area contributed by atoms with Crippen molar-refractivity contribution < 1.29 is 50.5 Å². The Hall–Kier alpha value is -2.95. The number of rotatable bonds is 9. The topological polar surface area (TPSA) is 65.0 Å². The Morgan fingerprint density at radius 1 is 0.882 bits per heavy atom. The summed E-state index contributed by atoms with van der Waals surface area (Å²) in [5, 5.41) is 9.59. The third-order valence-electron chi connectivity index (χ3n) is 4.87. The zero-order valence-corrected chi connectivity index (χ0v) is 18.6. The van der Waals surface area contributed by atoms with Gasteiger partial charge in [0.1, 0.15) is 18.1 Å². The third-order valence-corrected chi connectivity index (χ3v) is 4.87. The molecule has 0 aliphatic rings. The molecule has 0 saturated carbocycles. The Balaban J connectivity index is 1.97. The van der Waals surface area contributed by atoms with Gasteiger partial charge in [0.25, 0.3) is 5.60 Å². The van der Waals surface area contributed by atoms with Gasteiger partial charge in [0.2, 0.25) is 0 Å². The van der Waals surface area contributed by atoms with E-state index in [0.29, 0.717) is 24.3 Å². The molecule has 0 bridgehead atoms. The summed E-state index contributed by atoms with van der Waals surface area (Å²) >= 11 is 0. The van der Waals surface area contributed by atoms with E-state index in [2.05, 4.69) is 0 Å². The van der Waals surface area contributed by atoms with Crippen molar-refractivity contribution in [3.05, 3.63) is 58.7 Å². The van der Waals surface area contributed by atoms with E-state index >= 15 is 0 Å². The van der Waals surface area contributed by atoms with E-state index in [0.717, 1.165) is 5.56 Å². The molecule has 1 N–H and O–H groups in total. The number of esters is 1. The SMILES string of the molecule is CC(=O)OCc1ccc(OCCCOc2c(C)cc(C(O)(C(F)(F)F)C(F)(F)F)cc2C)cc1. The minimum Gasteiger partial charge on any atom is -0.493 e. The fourth-order valence-electron chi connectivity index (χ4n) is 3.16. The number of carbonyl (C=O) groups excluding carboxylic acids is 1. The Morgan fingerprint density at radius 2 is 1.38 bits per heavy atom. The molecule has 0 saturated heterocycles. The van der Waals surface area contributed by atoms with Crippen molar-refractivity contribution in [2.75, 3.05) is 13.2 Å². The molecule has 2 rings (SSSR count). The van der Waals surface area contributed by atoms with Gasteiger partial charge in [-0.2, -0.15) is 26.3 Å². The van der Waals surface area contributed by atoms with Crippen LogP contribution in [0.5, 0.6) is 11.5 Å². The molecule has 0 unspecified atom stereocenters. The molecule has 0 spiro atoms. The van der Waals surface area contributed by atoms with Crippen molar-refractivity contribution in [3.63, 3.8) is 0 Å². The highest BCUT2D eigenvalue weighted by Gasteiger charge is 2.71. The largest absolute Gasteiger partial charge is 0.493 e. The fraction of sp³-hybridized carbons (Fsp3) is 0.435. The predicted octanol–water partition coefficient (Wildman–Crippen LogP) is 5.53. The second-order valence-corrected chi connectivity index (χ2v) is 7.62. The number of halogens is 6. The maximum Gasteiger partial charge on any atom is 0.430 e. The Kier molecular flexibility index (Phi) is 8.46. The first-order chi connectivity index (χ1) is 15.7. The summed E-state index contributed by atoms with van der Waals surface area (Å²) in [6.07, 6.45) is -11.5. The quantitative estimate of drug-likeness (QED) is 0.282. The van der Waals surface area contributed by atoms with E-state index in [1.54, 1.807) is 24.3 Å². The second-order valence-electron chi connectivity index (χ2n) is 7.62. The van der Waals surface area contributed by atoms with Crippen LogP contribution in [0.4, 0.5) is 26.3 Å². The molecule has 188 valence electrons. The summed E-state index contributed by atoms with van der Waals surface area (Å²) in [5.74, 6) is 0.295. The summed E-state index contributed by atoms with van der Waals surface area (Å²) in [6.45, 7) is 4.38. The molecule has 0 fully saturated rings. The van der Waals surface area contributed by atoms with Crippen molar-refractivity contribution in [1.29, 1.82) is 0 Å². The minimum atomic E-state index is -5.96. The van der Waals surface area contributed by atoms with Gasteiger partial charge in [0.15, 0.2) is 0 Å². The fourth-order valence-corrected chi connectivity index (χ4v) is 3.16. The number of hydrogen-bond donors (Lipinski definition) is 1. The van der Waals surface area contributed by atoms with E-state index < -0.39 is 29.5 Å². The standard InChI is InChI=1S/C23H24F6O5/c1-14-11-18(21(31,22(24,25)26)23(27,28)29)12-15(2)20(14)33-10-4-9-32-19-7-5-17(6-8-19)13-34-16(3)30/h5-8,11-12,31H,4,9-10,13H2,1-3H3. The lowest BCUT2D eigenvalue weighted by molar-refractivity contribution is -0.376. The smallest absolute Gasteiger partial charge is 0.430 e. The lowest BCUT2D eigenvalue weighted by Crippen LogP contribution is -2.54. The highest BCUT2D eigenvalue weighted by molar-refractivity contribution is 5.65. The van der Waals surface area contributed by atoms with Crippen molar-refractivity contribution >= 4 is 5.97 Å². The van der Waals surface area contributed by atoms with E-state index in [-0.39, 0.29) is 36.7 Å². The molecule has 0 aliphatic heterocycles. The first-order valence-electron chi connectivity index (χ1n) is 10.1. The van der Waals surface area contributed by atoms with Gasteiger partial charge in [0.05, 0.1) is 13.2 Å². The van der Waals surface area contributed by atoms with Crippen molar-refractivity contribution in [2.24, 2.45) is 0 Å². The van der Waals surface area contributed by atoms with Crippen molar-refractivity contribution in [2.45, 2.75) is 51.8 Å². The first-order valence-corrected chi connectivity index (χ1v) is 10.1. The average Bonchev–Trinajstić information content (AvgIpc) is 2.72. The molecule has 0 heterocycles.